The Hall–Kier alpha value is -2.58. The van der Waals surface area contributed by atoms with Gasteiger partial charge in [0.05, 0.1) is 19.1 Å². The highest BCUT2D eigenvalue weighted by molar-refractivity contribution is 7.89. The van der Waals surface area contributed by atoms with Crippen LogP contribution in [0.3, 0.4) is 0 Å². The second-order valence-corrected chi connectivity index (χ2v) is 9.18. The Balaban J connectivity index is 1.66. The fourth-order valence-corrected chi connectivity index (χ4v) is 4.98. The van der Waals surface area contributed by atoms with E-state index < -0.39 is 10.0 Å². The van der Waals surface area contributed by atoms with Crippen LogP contribution in [0.5, 0.6) is 11.5 Å². The van der Waals surface area contributed by atoms with E-state index in [0.717, 1.165) is 31.2 Å². The summed E-state index contributed by atoms with van der Waals surface area (Å²) < 4.78 is 37.7. The molecule has 30 heavy (non-hydrogen) atoms. The molecule has 0 spiro atoms. The zero-order valence-electron chi connectivity index (χ0n) is 17.4. The normalized spacial score (nSPS) is 15.3. The van der Waals surface area contributed by atoms with Gasteiger partial charge in [0.2, 0.25) is 10.0 Å². The van der Waals surface area contributed by atoms with Gasteiger partial charge < -0.3 is 14.8 Å². The van der Waals surface area contributed by atoms with Crippen molar-refractivity contribution in [1.29, 1.82) is 0 Å². The fraction of sp³-hybridized carbons (Fsp3) is 0.409. The maximum Gasteiger partial charge on any atom is 0.251 e. The molecule has 0 atom stereocenters. The third-order valence-corrected chi connectivity index (χ3v) is 7.10. The maximum atomic E-state index is 12.9. The van der Waals surface area contributed by atoms with Crippen molar-refractivity contribution >= 4 is 15.9 Å². The highest BCUT2D eigenvalue weighted by Crippen LogP contribution is 2.23. The Bertz CT molecular complexity index is 943. The Morgan fingerprint density at radius 2 is 1.50 bits per heavy atom. The summed E-state index contributed by atoms with van der Waals surface area (Å²) in [7, 11) is -0.389. The van der Waals surface area contributed by atoms with Crippen LogP contribution < -0.4 is 14.8 Å². The van der Waals surface area contributed by atoms with Gasteiger partial charge in [-0.05, 0) is 54.8 Å². The lowest BCUT2D eigenvalue weighted by molar-refractivity contribution is 0.0950. The first-order valence-electron chi connectivity index (χ1n) is 10.0. The lowest BCUT2D eigenvalue weighted by Crippen LogP contribution is -2.32. The summed E-state index contributed by atoms with van der Waals surface area (Å²) >= 11 is 0. The van der Waals surface area contributed by atoms with Crippen molar-refractivity contribution in [2.45, 2.75) is 37.1 Å². The number of amides is 1. The van der Waals surface area contributed by atoms with Crippen LogP contribution in [0.25, 0.3) is 0 Å². The smallest absolute Gasteiger partial charge is 0.251 e. The molecule has 0 bridgehead atoms. The standard InChI is InChI=1S/C22H28N2O5S/c1-28-19-13-17(14-20(15-19)29-2)16-23-22(25)18-7-9-21(10-8-18)30(26,27)24-11-5-3-4-6-12-24/h7-10,13-15H,3-6,11-12,16H2,1-2H3,(H,23,25). The number of nitrogens with zero attached hydrogens (tertiary/aromatic N) is 1. The topological polar surface area (TPSA) is 84.9 Å². The number of rotatable bonds is 7. The predicted octanol–water partition coefficient (Wildman–Crippen LogP) is 3.20. The highest BCUT2D eigenvalue weighted by atomic mass is 32.2. The van der Waals surface area contributed by atoms with Crippen LogP contribution in [0.15, 0.2) is 47.4 Å². The molecular weight excluding hydrogens is 404 g/mol. The minimum atomic E-state index is -3.52. The average Bonchev–Trinajstić information content (AvgIpc) is 3.07. The Morgan fingerprint density at radius 1 is 0.933 bits per heavy atom. The van der Waals surface area contributed by atoms with Gasteiger partial charge in [-0.1, -0.05) is 12.8 Å². The first-order chi connectivity index (χ1) is 14.4. The number of hydrogen-bond donors (Lipinski definition) is 1. The number of nitrogens with one attached hydrogen (secondary N) is 1. The van der Waals surface area contributed by atoms with Crippen LogP contribution in [0, 0.1) is 0 Å². The number of carbonyl (C=O) groups excluding carboxylic acids is 1. The molecule has 0 unspecified atom stereocenters. The van der Waals surface area contributed by atoms with Gasteiger partial charge in [-0.2, -0.15) is 4.31 Å². The second-order valence-electron chi connectivity index (χ2n) is 7.25. The SMILES string of the molecule is COc1cc(CNC(=O)c2ccc(S(=O)(=O)N3CCCCCC3)cc2)cc(OC)c1. The molecule has 0 radical (unpaired) electrons. The molecule has 1 heterocycles. The molecule has 0 saturated carbocycles. The summed E-state index contributed by atoms with van der Waals surface area (Å²) in [5.41, 5.74) is 1.24. The van der Waals surface area contributed by atoms with Crippen LogP contribution in [-0.4, -0.2) is 45.9 Å². The van der Waals surface area contributed by atoms with E-state index in [9.17, 15) is 13.2 Å². The highest BCUT2D eigenvalue weighted by Gasteiger charge is 2.25. The molecule has 1 saturated heterocycles. The molecule has 1 fully saturated rings. The van der Waals surface area contributed by atoms with Crippen molar-refractivity contribution in [3.8, 4) is 11.5 Å². The molecule has 2 aromatic carbocycles. The van der Waals surface area contributed by atoms with E-state index in [1.54, 1.807) is 36.7 Å². The molecule has 3 rings (SSSR count). The number of hydrogen-bond acceptors (Lipinski definition) is 5. The molecule has 1 aliphatic rings. The van der Waals surface area contributed by atoms with E-state index in [2.05, 4.69) is 5.32 Å². The van der Waals surface area contributed by atoms with E-state index in [-0.39, 0.29) is 10.8 Å². The third-order valence-electron chi connectivity index (χ3n) is 5.18. The summed E-state index contributed by atoms with van der Waals surface area (Å²) in [6.07, 6.45) is 3.89. The van der Waals surface area contributed by atoms with Gasteiger partial charge in [0.25, 0.3) is 5.91 Å². The first-order valence-corrected chi connectivity index (χ1v) is 11.5. The first kappa shape index (κ1) is 22.1. The molecule has 0 aliphatic carbocycles. The zero-order valence-corrected chi connectivity index (χ0v) is 18.2. The van der Waals surface area contributed by atoms with Crippen molar-refractivity contribution in [3.05, 3.63) is 53.6 Å². The number of carbonyl (C=O) groups is 1. The molecule has 8 heteroatoms. The molecule has 1 aliphatic heterocycles. The lowest BCUT2D eigenvalue weighted by atomic mass is 10.1. The summed E-state index contributed by atoms with van der Waals surface area (Å²) in [6, 6.07) is 11.5. The van der Waals surface area contributed by atoms with Gasteiger partial charge in [0.15, 0.2) is 0 Å². The van der Waals surface area contributed by atoms with Crippen molar-refractivity contribution in [3.63, 3.8) is 0 Å². The van der Waals surface area contributed by atoms with Gasteiger partial charge in [-0.25, -0.2) is 8.42 Å². The summed E-state index contributed by atoms with van der Waals surface area (Å²) in [6.45, 7) is 1.39. The molecule has 7 nitrogen and oxygen atoms in total. The fourth-order valence-electron chi connectivity index (χ4n) is 3.46. The van der Waals surface area contributed by atoms with Crippen molar-refractivity contribution in [2.24, 2.45) is 0 Å². The lowest BCUT2D eigenvalue weighted by Gasteiger charge is -2.20. The van der Waals surface area contributed by atoms with Crippen LogP contribution in [0.1, 0.15) is 41.6 Å². The van der Waals surface area contributed by atoms with Gasteiger partial charge in [0.1, 0.15) is 11.5 Å². The Labute approximate surface area is 178 Å². The van der Waals surface area contributed by atoms with Crippen molar-refractivity contribution in [1.82, 2.24) is 9.62 Å². The van der Waals surface area contributed by atoms with E-state index in [0.29, 0.717) is 36.7 Å². The Morgan fingerprint density at radius 3 is 2.03 bits per heavy atom. The van der Waals surface area contributed by atoms with Gasteiger partial charge in [-0.15, -0.1) is 0 Å². The molecule has 2 aromatic rings. The van der Waals surface area contributed by atoms with Crippen LogP contribution in [-0.2, 0) is 16.6 Å². The molecule has 0 aromatic heterocycles. The minimum Gasteiger partial charge on any atom is -0.497 e. The van der Waals surface area contributed by atoms with E-state index in [1.807, 2.05) is 12.1 Å². The second kappa shape index (κ2) is 9.95. The minimum absolute atomic E-state index is 0.221. The van der Waals surface area contributed by atoms with Gasteiger partial charge >= 0.3 is 0 Å². The quantitative estimate of drug-likeness (QED) is 0.726. The Kier molecular flexibility index (Phi) is 7.33. The molecule has 162 valence electrons. The largest absolute Gasteiger partial charge is 0.497 e. The summed E-state index contributed by atoms with van der Waals surface area (Å²) in [5, 5.41) is 2.84. The number of methoxy groups -OCH3 is 2. The van der Waals surface area contributed by atoms with Crippen LogP contribution in [0.2, 0.25) is 0 Å². The van der Waals surface area contributed by atoms with E-state index in [4.69, 9.17) is 9.47 Å². The summed E-state index contributed by atoms with van der Waals surface area (Å²) in [5.74, 6) is 0.999. The number of ether oxygens (including phenoxy) is 2. The van der Waals surface area contributed by atoms with E-state index >= 15 is 0 Å². The number of sulfonamides is 1. The monoisotopic (exact) mass is 432 g/mol. The average molecular weight is 433 g/mol. The van der Waals surface area contributed by atoms with Crippen LogP contribution in [0.4, 0.5) is 0 Å². The zero-order chi connectivity index (χ0) is 21.6. The van der Waals surface area contributed by atoms with Gasteiger partial charge in [0, 0.05) is 31.3 Å². The predicted molar refractivity (Wildman–Crippen MR) is 114 cm³/mol. The van der Waals surface area contributed by atoms with E-state index in [1.165, 1.54) is 12.1 Å². The van der Waals surface area contributed by atoms with Crippen LogP contribution >= 0.6 is 0 Å². The molecule has 1 N–H and O–H groups in total. The molecular formula is C22H28N2O5S. The third kappa shape index (κ3) is 5.31. The van der Waals surface area contributed by atoms with Crippen molar-refractivity contribution in [2.75, 3.05) is 27.3 Å². The summed E-state index contributed by atoms with van der Waals surface area (Å²) in [4.78, 5) is 12.7. The maximum absolute atomic E-state index is 12.9. The molecule has 1 amide bonds. The number of benzene rings is 2. The van der Waals surface area contributed by atoms with Gasteiger partial charge in [-0.3, -0.25) is 4.79 Å². The van der Waals surface area contributed by atoms with Crippen molar-refractivity contribution < 1.29 is 22.7 Å².